The van der Waals surface area contributed by atoms with E-state index in [0.717, 1.165) is 6.54 Å². The van der Waals surface area contributed by atoms with Crippen molar-refractivity contribution in [3.05, 3.63) is 0 Å². The highest BCUT2D eigenvalue weighted by atomic mass is 32.2. The summed E-state index contributed by atoms with van der Waals surface area (Å²) in [7, 11) is 1.83. The van der Waals surface area contributed by atoms with Crippen LogP contribution in [0.25, 0.3) is 0 Å². The maximum absolute atomic E-state index is 10.2. The average Bonchev–Trinajstić information content (AvgIpc) is 1.84. The van der Waals surface area contributed by atoms with Crippen LogP contribution in [0.15, 0.2) is 0 Å². The predicted molar refractivity (Wildman–Crippen MR) is 45.9 cm³/mol. The Labute approximate surface area is 68.7 Å². The first-order valence-corrected chi connectivity index (χ1v) is 4.55. The third-order valence-corrected chi connectivity index (χ3v) is 1.86. The van der Waals surface area contributed by atoms with Crippen LogP contribution < -0.4 is 5.73 Å². The van der Waals surface area contributed by atoms with Crippen molar-refractivity contribution in [2.45, 2.75) is 0 Å². The molecule has 0 spiro atoms. The summed E-state index contributed by atoms with van der Waals surface area (Å²) in [4.78, 5) is 0. The minimum atomic E-state index is -2.05. The molecule has 0 saturated heterocycles. The van der Waals surface area contributed by atoms with Gasteiger partial charge in [-0.15, -0.1) is 0 Å². The van der Waals surface area contributed by atoms with E-state index in [9.17, 15) is 8.42 Å². The molecule has 0 atom stereocenters. The Morgan fingerprint density at radius 3 is 2.36 bits per heavy atom. The van der Waals surface area contributed by atoms with Crippen molar-refractivity contribution in [3.63, 3.8) is 0 Å². The van der Waals surface area contributed by atoms with Crippen molar-refractivity contribution < 1.29 is 12.9 Å². The molecule has 0 heterocycles. The topological polar surface area (TPSA) is 60.2 Å². The lowest BCUT2D eigenvalue weighted by Crippen LogP contribution is -2.44. The summed E-state index contributed by atoms with van der Waals surface area (Å²) in [6.45, 7) is 1.87. The summed E-state index contributed by atoms with van der Waals surface area (Å²) in [5, 5.41) is 1.26. The first kappa shape index (κ1) is 10.6. The average molecular weight is 179 g/mol. The molecule has 5 heteroatoms. The van der Waals surface area contributed by atoms with Crippen LogP contribution in [-0.4, -0.2) is 52.0 Å². The first-order chi connectivity index (χ1) is 4.98. The Morgan fingerprint density at radius 2 is 2.00 bits per heavy atom. The van der Waals surface area contributed by atoms with E-state index in [2.05, 4.69) is 0 Å². The Balaban J connectivity index is 4.02. The van der Waals surface area contributed by atoms with Gasteiger partial charge in [0.15, 0.2) is 0 Å². The molecule has 0 saturated carbocycles. The highest BCUT2D eigenvalue weighted by molar-refractivity contribution is 7.71. The second kappa shape index (κ2) is 4.48. The zero-order valence-corrected chi connectivity index (χ0v) is 7.76. The van der Waals surface area contributed by atoms with Crippen molar-refractivity contribution in [2.24, 2.45) is 5.73 Å². The van der Waals surface area contributed by atoms with Crippen molar-refractivity contribution in [3.8, 4) is 0 Å². The largest absolute Gasteiger partial charge is 0.326 e. The van der Waals surface area contributed by atoms with Crippen LogP contribution in [0.5, 0.6) is 0 Å². The van der Waals surface area contributed by atoms with Gasteiger partial charge in [-0.2, -0.15) is 8.42 Å². The van der Waals surface area contributed by atoms with Crippen molar-refractivity contribution >= 4 is 15.7 Å². The number of rotatable bonds is 4. The minimum absolute atomic E-state index is 0.507. The maximum Gasteiger partial charge on any atom is 0.215 e. The fourth-order valence-electron chi connectivity index (χ4n) is 0.703. The number of nitrogens with two attached hydrogens (primary N) is 1. The molecule has 0 unspecified atom stereocenters. The first-order valence-electron chi connectivity index (χ1n) is 3.41. The van der Waals surface area contributed by atoms with E-state index in [-0.39, 0.29) is 0 Å². The summed E-state index contributed by atoms with van der Waals surface area (Å²) in [6.07, 6.45) is 0. The lowest BCUT2D eigenvalue weighted by molar-refractivity contribution is -0.879. The number of quaternary nitrogens is 1. The van der Waals surface area contributed by atoms with Gasteiger partial charge in [0, 0.05) is 6.54 Å². The molecular formula is C6H15N2O2S+. The molecule has 0 rings (SSSR count). The highest BCUT2D eigenvalue weighted by Crippen LogP contribution is 1.91. The van der Waals surface area contributed by atoms with Gasteiger partial charge in [-0.1, -0.05) is 0 Å². The van der Waals surface area contributed by atoms with Crippen LogP contribution in [0.4, 0.5) is 0 Å². The standard InChI is InChI=1S/C6H15N2O2S/c1-8(2,4-3-7)5-6-11(9)10/h6H,3-5,7H2,1-2H3/q+1. The molecule has 0 aromatic carbocycles. The van der Waals surface area contributed by atoms with Gasteiger partial charge in [-0.05, 0) is 0 Å². The lowest BCUT2D eigenvalue weighted by Gasteiger charge is -2.26. The predicted octanol–water partition coefficient (Wildman–Crippen LogP) is -1.30. The molecule has 4 nitrogen and oxygen atoms in total. The van der Waals surface area contributed by atoms with Gasteiger partial charge < -0.3 is 10.2 Å². The maximum atomic E-state index is 10.2. The second-order valence-corrected chi connectivity index (χ2v) is 3.91. The molecule has 0 aromatic heterocycles. The zero-order chi connectivity index (χ0) is 8.91. The SMILES string of the molecule is C[N+](C)(CC=S(=O)=O)CCN. The monoisotopic (exact) mass is 179 g/mol. The summed E-state index contributed by atoms with van der Waals surface area (Å²) in [5.74, 6) is 0. The van der Waals surface area contributed by atoms with E-state index in [0.29, 0.717) is 17.6 Å². The van der Waals surface area contributed by atoms with Gasteiger partial charge in [0.05, 0.1) is 26.0 Å². The quantitative estimate of drug-likeness (QED) is 0.431. The third kappa shape index (κ3) is 6.03. The fraction of sp³-hybridized carbons (Fsp3) is 0.833. The van der Waals surface area contributed by atoms with Crippen molar-refractivity contribution in [1.29, 1.82) is 0 Å². The van der Waals surface area contributed by atoms with Crippen LogP contribution in [0, 0.1) is 0 Å². The van der Waals surface area contributed by atoms with E-state index in [4.69, 9.17) is 5.73 Å². The highest BCUT2D eigenvalue weighted by Gasteiger charge is 2.10. The molecule has 0 aliphatic heterocycles. The molecule has 0 aliphatic rings. The van der Waals surface area contributed by atoms with E-state index in [1.807, 2.05) is 14.1 Å². The Kier molecular flexibility index (Phi) is 4.32. The lowest BCUT2D eigenvalue weighted by atomic mass is 10.4. The molecule has 0 amide bonds. The van der Waals surface area contributed by atoms with Gasteiger partial charge in [-0.3, -0.25) is 0 Å². The Hall–Kier alpha value is -0.390. The van der Waals surface area contributed by atoms with Crippen LogP contribution in [0.3, 0.4) is 0 Å². The third-order valence-electron chi connectivity index (χ3n) is 1.44. The molecule has 0 fully saturated rings. The van der Waals surface area contributed by atoms with Crippen LogP contribution in [-0.2, 0) is 10.3 Å². The second-order valence-electron chi connectivity index (χ2n) is 3.06. The number of hydrogen-bond donors (Lipinski definition) is 1. The van der Waals surface area contributed by atoms with Gasteiger partial charge in [0.25, 0.3) is 0 Å². The van der Waals surface area contributed by atoms with Gasteiger partial charge in [0.1, 0.15) is 6.54 Å². The molecule has 66 valence electrons. The summed E-state index contributed by atoms with van der Waals surface area (Å²) in [5.41, 5.74) is 5.34. The van der Waals surface area contributed by atoms with E-state index >= 15 is 0 Å². The Bertz CT molecular complexity index is 223. The van der Waals surface area contributed by atoms with Crippen molar-refractivity contribution in [2.75, 3.05) is 33.7 Å². The molecule has 0 aliphatic carbocycles. The number of hydrogen-bond acceptors (Lipinski definition) is 3. The van der Waals surface area contributed by atoms with E-state index in [1.54, 1.807) is 0 Å². The Morgan fingerprint density at radius 1 is 1.45 bits per heavy atom. The van der Waals surface area contributed by atoms with Crippen molar-refractivity contribution in [1.82, 2.24) is 0 Å². The number of nitrogens with zero attached hydrogens (tertiary/aromatic N) is 1. The molecule has 0 radical (unpaired) electrons. The summed E-state index contributed by atoms with van der Waals surface area (Å²) >= 11 is 0. The minimum Gasteiger partial charge on any atom is -0.326 e. The van der Waals surface area contributed by atoms with Gasteiger partial charge in [-0.25, -0.2) is 0 Å². The molecular weight excluding hydrogens is 164 g/mol. The van der Waals surface area contributed by atoms with Crippen LogP contribution >= 0.6 is 0 Å². The van der Waals surface area contributed by atoms with E-state index in [1.165, 1.54) is 5.37 Å². The van der Waals surface area contributed by atoms with Gasteiger partial charge >= 0.3 is 0 Å². The van der Waals surface area contributed by atoms with E-state index < -0.39 is 10.3 Å². The normalized spacial score (nSPS) is 11.2. The smallest absolute Gasteiger partial charge is 0.215 e. The molecule has 2 N–H and O–H groups in total. The fourth-order valence-corrected chi connectivity index (χ4v) is 1.23. The van der Waals surface area contributed by atoms with Crippen LogP contribution in [0.1, 0.15) is 0 Å². The van der Waals surface area contributed by atoms with Gasteiger partial charge in [0.2, 0.25) is 10.3 Å². The zero-order valence-electron chi connectivity index (χ0n) is 6.95. The number of likely N-dealkylation sites (N-methyl/N-ethyl adjacent to an activating group) is 1. The molecule has 0 aromatic rings. The van der Waals surface area contributed by atoms with Crippen LogP contribution in [0.2, 0.25) is 0 Å². The molecule has 0 bridgehead atoms. The summed E-state index contributed by atoms with van der Waals surface area (Å²) in [6, 6.07) is 0. The molecule has 11 heavy (non-hydrogen) atoms. The summed E-state index contributed by atoms with van der Waals surface area (Å²) < 4.78 is 20.9.